The Bertz CT molecular complexity index is 337. The van der Waals surface area contributed by atoms with Crippen LogP contribution in [-0.4, -0.2) is 29.6 Å². The van der Waals surface area contributed by atoms with Crippen LogP contribution in [0.3, 0.4) is 0 Å². The van der Waals surface area contributed by atoms with E-state index in [0.717, 1.165) is 0 Å². The topological polar surface area (TPSA) is 40.5 Å². The monoisotopic (exact) mass is 221 g/mol. The molecule has 0 saturated carbocycles. The largest absolute Gasteiger partial charge is 0.481 e. The van der Waals surface area contributed by atoms with Crippen LogP contribution in [0.2, 0.25) is 0 Å². The van der Waals surface area contributed by atoms with Crippen molar-refractivity contribution in [3.8, 4) is 0 Å². The number of hydrogen-bond donors (Lipinski definition) is 1. The highest BCUT2D eigenvalue weighted by Crippen LogP contribution is 2.19. The van der Waals surface area contributed by atoms with Gasteiger partial charge in [-0.2, -0.15) is 0 Å². The summed E-state index contributed by atoms with van der Waals surface area (Å²) in [5.74, 6) is -1.08. The molecule has 0 aliphatic carbocycles. The lowest BCUT2D eigenvalue weighted by Gasteiger charge is -2.26. The Balaban J connectivity index is 2.61. The first kappa shape index (κ1) is 12.7. The Morgan fingerprint density at radius 1 is 1.31 bits per heavy atom. The molecule has 0 bridgehead atoms. The second-order valence-corrected chi connectivity index (χ2v) is 4.27. The molecule has 0 radical (unpaired) electrons. The van der Waals surface area contributed by atoms with Crippen LogP contribution in [0.1, 0.15) is 25.5 Å². The van der Waals surface area contributed by atoms with E-state index in [1.54, 1.807) is 6.92 Å². The summed E-state index contributed by atoms with van der Waals surface area (Å²) in [4.78, 5) is 12.8. The first-order valence-electron chi connectivity index (χ1n) is 5.50. The number of rotatable bonds is 5. The molecule has 0 aromatic heterocycles. The lowest BCUT2D eigenvalue weighted by atomic mass is 10.1. The molecular weight excluding hydrogens is 202 g/mol. The van der Waals surface area contributed by atoms with Crippen LogP contribution in [0.25, 0.3) is 0 Å². The summed E-state index contributed by atoms with van der Waals surface area (Å²) in [6.07, 6.45) is 0. The van der Waals surface area contributed by atoms with E-state index in [4.69, 9.17) is 5.11 Å². The first-order chi connectivity index (χ1) is 7.52. The highest BCUT2D eigenvalue weighted by atomic mass is 16.4. The van der Waals surface area contributed by atoms with Crippen LogP contribution in [0.15, 0.2) is 30.3 Å². The Hall–Kier alpha value is -1.35. The van der Waals surface area contributed by atoms with Crippen molar-refractivity contribution in [3.63, 3.8) is 0 Å². The minimum Gasteiger partial charge on any atom is -0.481 e. The summed E-state index contributed by atoms with van der Waals surface area (Å²) in [6.45, 7) is 4.38. The molecule has 16 heavy (non-hydrogen) atoms. The van der Waals surface area contributed by atoms with Crippen LogP contribution in [0.5, 0.6) is 0 Å². The lowest BCUT2D eigenvalue weighted by molar-refractivity contribution is -0.141. The molecule has 0 spiro atoms. The van der Waals surface area contributed by atoms with Crippen LogP contribution < -0.4 is 0 Å². The fourth-order valence-corrected chi connectivity index (χ4v) is 1.65. The highest BCUT2D eigenvalue weighted by molar-refractivity contribution is 5.69. The standard InChI is InChI=1S/C13H19NO2/c1-10(13(15)16)9-14(3)11(2)12-7-5-4-6-8-12/h4-8,10-11H,9H2,1-3H3,(H,15,16). The van der Waals surface area contributed by atoms with E-state index in [-0.39, 0.29) is 12.0 Å². The van der Waals surface area contributed by atoms with Gasteiger partial charge in [0.05, 0.1) is 5.92 Å². The van der Waals surface area contributed by atoms with E-state index in [0.29, 0.717) is 6.54 Å². The van der Waals surface area contributed by atoms with Crippen molar-refractivity contribution in [2.75, 3.05) is 13.6 Å². The third kappa shape index (κ3) is 3.35. The smallest absolute Gasteiger partial charge is 0.307 e. The molecule has 1 rings (SSSR count). The Labute approximate surface area is 96.7 Å². The molecule has 3 heteroatoms. The van der Waals surface area contributed by atoms with Gasteiger partial charge in [-0.1, -0.05) is 37.3 Å². The molecule has 1 aromatic carbocycles. The Kier molecular flexibility index (Phi) is 4.50. The summed E-state index contributed by atoms with van der Waals surface area (Å²) in [6, 6.07) is 10.3. The van der Waals surface area contributed by atoms with E-state index < -0.39 is 5.97 Å². The predicted octanol–water partition coefficient (Wildman–Crippen LogP) is 2.40. The zero-order valence-electron chi connectivity index (χ0n) is 10.1. The minimum atomic E-state index is -0.743. The minimum absolute atomic E-state index is 0.239. The van der Waals surface area contributed by atoms with Crippen molar-refractivity contribution in [2.45, 2.75) is 19.9 Å². The fourth-order valence-electron chi connectivity index (χ4n) is 1.65. The highest BCUT2D eigenvalue weighted by Gasteiger charge is 2.17. The molecule has 88 valence electrons. The predicted molar refractivity (Wildman–Crippen MR) is 64.3 cm³/mol. The molecule has 0 aliphatic heterocycles. The number of nitrogens with zero attached hydrogens (tertiary/aromatic N) is 1. The van der Waals surface area contributed by atoms with Gasteiger partial charge in [-0.3, -0.25) is 9.69 Å². The van der Waals surface area contributed by atoms with Crippen molar-refractivity contribution in [2.24, 2.45) is 5.92 Å². The van der Waals surface area contributed by atoms with E-state index in [2.05, 4.69) is 24.0 Å². The van der Waals surface area contributed by atoms with Crippen molar-refractivity contribution < 1.29 is 9.90 Å². The fraction of sp³-hybridized carbons (Fsp3) is 0.462. The molecular formula is C13H19NO2. The second kappa shape index (κ2) is 5.66. The number of carboxylic acids is 1. The van der Waals surface area contributed by atoms with Crippen LogP contribution in [0, 0.1) is 5.92 Å². The molecule has 0 amide bonds. The molecule has 0 fully saturated rings. The van der Waals surface area contributed by atoms with Gasteiger partial charge in [-0.15, -0.1) is 0 Å². The Morgan fingerprint density at radius 2 is 1.88 bits per heavy atom. The number of hydrogen-bond acceptors (Lipinski definition) is 2. The van der Waals surface area contributed by atoms with Gasteiger partial charge in [0.2, 0.25) is 0 Å². The lowest BCUT2D eigenvalue weighted by Crippen LogP contribution is -2.30. The van der Waals surface area contributed by atoms with E-state index >= 15 is 0 Å². The molecule has 2 unspecified atom stereocenters. The molecule has 1 N–H and O–H groups in total. The van der Waals surface area contributed by atoms with E-state index in [1.165, 1.54) is 5.56 Å². The van der Waals surface area contributed by atoms with Gasteiger partial charge in [-0.25, -0.2) is 0 Å². The van der Waals surface area contributed by atoms with Gasteiger partial charge in [0.25, 0.3) is 0 Å². The molecule has 3 nitrogen and oxygen atoms in total. The summed E-state index contributed by atoms with van der Waals surface area (Å²) >= 11 is 0. The van der Waals surface area contributed by atoms with Crippen LogP contribution in [0.4, 0.5) is 0 Å². The van der Waals surface area contributed by atoms with E-state index in [1.807, 2.05) is 25.2 Å². The molecule has 0 aliphatic rings. The van der Waals surface area contributed by atoms with Crippen molar-refractivity contribution in [3.05, 3.63) is 35.9 Å². The quantitative estimate of drug-likeness (QED) is 0.830. The number of carboxylic acid groups (broad SMARTS) is 1. The maximum Gasteiger partial charge on any atom is 0.307 e. The molecule has 2 atom stereocenters. The normalized spacial score (nSPS) is 14.8. The summed E-state index contributed by atoms with van der Waals surface area (Å²) in [5.41, 5.74) is 1.21. The zero-order valence-corrected chi connectivity index (χ0v) is 10.1. The van der Waals surface area contributed by atoms with Gasteiger partial charge in [-0.05, 0) is 19.5 Å². The third-order valence-electron chi connectivity index (χ3n) is 2.93. The van der Waals surface area contributed by atoms with Gasteiger partial charge in [0.1, 0.15) is 0 Å². The average molecular weight is 221 g/mol. The molecule has 1 aromatic rings. The maximum atomic E-state index is 10.8. The van der Waals surface area contributed by atoms with Gasteiger partial charge in [0.15, 0.2) is 0 Å². The van der Waals surface area contributed by atoms with Crippen molar-refractivity contribution in [1.29, 1.82) is 0 Å². The number of benzene rings is 1. The zero-order chi connectivity index (χ0) is 12.1. The first-order valence-corrected chi connectivity index (χ1v) is 5.50. The summed E-state index contributed by atoms with van der Waals surface area (Å²) in [7, 11) is 1.96. The summed E-state index contributed by atoms with van der Waals surface area (Å²) < 4.78 is 0. The average Bonchev–Trinajstić information content (AvgIpc) is 2.28. The van der Waals surface area contributed by atoms with Gasteiger partial charge < -0.3 is 5.11 Å². The Morgan fingerprint density at radius 3 is 2.38 bits per heavy atom. The van der Waals surface area contributed by atoms with Gasteiger partial charge >= 0.3 is 5.97 Å². The van der Waals surface area contributed by atoms with Gasteiger partial charge in [0, 0.05) is 12.6 Å². The molecule has 0 heterocycles. The van der Waals surface area contributed by atoms with Crippen molar-refractivity contribution in [1.82, 2.24) is 4.90 Å². The second-order valence-electron chi connectivity index (χ2n) is 4.27. The summed E-state index contributed by atoms with van der Waals surface area (Å²) in [5, 5.41) is 8.86. The molecule has 0 saturated heterocycles. The SMILES string of the molecule is CC(CN(C)C(C)c1ccccc1)C(=O)O. The van der Waals surface area contributed by atoms with Crippen molar-refractivity contribution >= 4 is 5.97 Å². The third-order valence-corrected chi connectivity index (χ3v) is 2.93. The number of carbonyl (C=O) groups is 1. The van der Waals surface area contributed by atoms with Crippen LogP contribution >= 0.6 is 0 Å². The van der Waals surface area contributed by atoms with Crippen LogP contribution in [-0.2, 0) is 4.79 Å². The number of aliphatic carboxylic acids is 1. The van der Waals surface area contributed by atoms with E-state index in [9.17, 15) is 4.79 Å². The maximum absolute atomic E-state index is 10.8.